The van der Waals surface area contributed by atoms with Gasteiger partial charge in [-0.05, 0) is 9.72 Å². The molecular weight excluding hydrogens is 158 g/mol. The fourth-order valence-electron chi connectivity index (χ4n) is 0.876. The van der Waals surface area contributed by atoms with Crippen LogP contribution in [0.1, 0.15) is 5.89 Å². The highest BCUT2D eigenvalue weighted by Crippen LogP contribution is 1.83. The molecule has 0 unspecified atom stereocenters. The van der Waals surface area contributed by atoms with Crippen LogP contribution in [0.15, 0.2) is 23.5 Å². The van der Waals surface area contributed by atoms with Gasteiger partial charge in [-0.3, -0.25) is 4.52 Å². The van der Waals surface area contributed by atoms with Crippen LogP contribution in [0.4, 0.5) is 0 Å². The van der Waals surface area contributed by atoms with Crippen LogP contribution in [-0.4, -0.2) is 19.7 Å². The van der Waals surface area contributed by atoms with Crippen LogP contribution in [0.25, 0.3) is 0 Å². The van der Waals surface area contributed by atoms with Crippen LogP contribution in [0, 0.1) is 6.92 Å². The lowest BCUT2D eigenvalue weighted by Gasteiger charge is -1.90. The van der Waals surface area contributed by atoms with E-state index < -0.39 is 0 Å². The third kappa shape index (κ3) is 1.31. The highest BCUT2D eigenvalue weighted by Gasteiger charge is 2.06. The van der Waals surface area contributed by atoms with E-state index in [1.165, 1.54) is 6.33 Å². The molecule has 0 aromatic carbocycles. The average molecular weight is 166 g/mol. The second-order valence-corrected chi connectivity index (χ2v) is 2.35. The first kappa shape index (κ1) is 6.96. The molecular formula is C6H8N5O+. The normalized spacial score (nSPS) is 10.4. The third-order valence-electron chi connectivity index (χ3n) is 1.37. The number of hydrogen-bond acceptors (Lipinski definition) is 4. The summed E-state index contributed by atoms with van der Waals surface area (Å²) >= 11 is 0. The molecule has 0 aliphatic rings. The van der Waals surface area contributed by atoms with Crippen molar-refractivity contribution in [2.24, 2.45) is 0 Å². The van der Waals surface area contributed by atoms with Crippen molar-refractivity contribution >= 4 is 0 Å². The Morgan fingerprint density at radius 3 is 3.17 bits per heavy atom. The van der Waals surface area contributed by atoms with E-state index in [4.69, 9.17) is 4.52 Å². The number of rotatable bonds is 2. The van der Waals surface area contributed by atoms with Crippen LogP contribution in [-0.2, 0) is 6.67 Å². The van der Waals surface area contributed by atoms with Crippen molar-refractivity contribution in [2.75, 3.05) is 0 Å². The molecule has 2 heterocycles. The Bertz CT molecular complexity index is 352. The summed E-state index contributed by atoms with van der Waals surface area (Å²) in [5.74, 6) is 0.634. The maximum Gasteiger partial charge on any atom is 0.350 e. The van der Waals surface area contributed by atoms with Gasteiger partial charge in [-0.25, -0.2) is 9.67 Å². The van der Waals surface area contributed by atoms with Crippen molar-refractivity contribution in [2.45, 2.75) is 13.6 Å². The van der Waals surface area contributed by atoms with Crippen LogP contribution in [0.2, 0.25) is 0 Å². The molecule has 0 N–H and O–H groups in total. The summed E-state index contributed by atoms with van der Waals surface area (Å²) in [5, 5.41) is 3.92. The Kier molecular flexibility index (Phi) is 1.58. The molecule has 2 rings (SSSR count). The van der Waals surface area contributed by atoms with Crippen LogP contribution >= 0.6 is 0 Å². The second kappa shape index (κ2) is 2.72. The molecule has 0 bridgehead atoms. The van der Waals surface area contributed by atoms with E-state index in [1.54, 1.807) is 29.0 Å². The van der Waals surface area contributed by atoms with Crippen LogP contribution < -0.4 is 4.74 Å². The van der Waals surface area contributed by atoms with Crippen LogP contribution in [0.3, 0.4) is 0 Å². The molecule has 2 aromatic heterocycles. The molecule has 6 nitrogen and oxygen atoms in total. The standard InChI is InChI=1S/C6H8N5O/c1-6-8-4-11(12-6)5-10-3-7-2-9-10/h2-4H,5H2,1H3/q+1. The number of nitrogens with zero attached hydrogens (tertiary/aromatic N) is 5. The predicted octanol–water partition coefficient (Wildman–Crippen LogP) is -0.632. The first-order chi connectivity index (χ1) is 5.84. The van der Waals surface area contributed by atoms with E-state index >= 15 is 0 Å². The number of aromatic nitrogens is 5. The van der Waals surface area contributed by atoms with Gasteiger partial charge in [0.2, 0.25) is 6.67 Å². The predicted molar refractivity (Wildman–Crippen MR) is 36.9 cm³/mol. The molecule has 0 aliphatic carbocycles. The quantitative estimate of drug-likeness (QED) is 0.557. The van der Waals surface area contributed by atoms with Gasteiger partial charge >= 0.3 is 12.2 Å². The Hall–Kier alpha value is -1.72. The summed E-state index contributed by atoms with van der Waals surface area (Å²) in [6.07, 6.45) is 4.70. The van der Waals surface area contributed by atoms with Gasteiger partial charge in [-0.1, -0.05) is 0 Å². The molecule has 0 aliphatic heterocycles. The summed E-state index contributed by atoms with van der Waals surface area (Å²) < 4.78 is 8.39. The van der Waals surface area contributed by atoms with Crippen LogP contribution in [0.5, 0.6) is 0 Å². The number of hydrogen-bond donors (Lipinski definition) is 0. The summed E-state index contributed by atoms with van der Waals surface area (Å²) in [7, 11) is 0. The molecule has 0 saturated heterocycles. The molecule has 2 aromatic rings. The monoisotopic (exact) mass is 166 g/mol. The fourth-order valence-corrected chi connectivity index (χ4v) is 0.876. The lowest BCUT2D eigenvalue weighted by molar-refractivity contribution is -0.868. The van der Waals surface area contributed by atoms with E-state index in [2.05, 4.69) is 15.1 Å². The lowest BCUT2D eigenvalue weighted by Crippen LogP contribution is -2.35. The van der Waals surface area contributed by atoms with Gasteiger partial charge in [0.05, 0.1) is 0 Å². The maximum absolute atomic E-state index is 5.17. The molecule has 62 valence electrons. The van der Waals surface area contributed by atoms with Crippen molar-refractivity contribution < 1.29 is 9.26 Å². The zero-order chi connectivity index (χ0) is 8.39. The van der Waals surface area contributed by atoms with Gasteiger partial charge in [-0.2, -0.15) is 5.10 Å². The molecule has 0 fully saturated rings. The minimum absolute atomic E-state index is 0.501. The summed E-state index contributed by atoms with van der Waals surface area (Å²) in [5.41, 5.74) is 0. The van der Waals surface area contributed by atoms with E-state index in [0.717, 1.165) is 0 Å². The third-order valence-corrected chi connectivity index (χ3v) is 1.37. The zero-order valence-corrected chi connectivity index (χ0v) is 6.58. The van der Waals surface area contributed by atoms with E-state index in [0.29, 0.717) is 12.6 Å². The van der Waals surface area contributed by atoms with E-state index in [-0.39, 0.29) is 0 Å². The summed E-state index contributed by atoms with van der Waals surface area (Å²) in [4.78, 5) is 7.73. The molecule has 0 spiro atoms. The highest BCUT2D eigenvalue weighted by atomic mass is 16.5. The highest BCUT2D eigenvalue weighted by molar-refractivity contribution is 4.60. The van der Waals surface area contributed by atoms with Gasteiger partial charge in [0.25, 0.3) is 0 Å². The van der Waals surface area contributed by atoms with Crippen molar-refractivity contribution in [3.63, 3.8) is 0 Å². The maximum atomic E-state index is 5.17. The van der Waals surface area contributed by atoms with Gasteiger partial charge in [0.15, 0.2) is 0 Å². The SMILES string of the molecule is Cc1nc[n+](Cn2cncn2)o1. The van der Waals surface area contributed by atoms with Gasteiger partial charge < -0.3 is 0 Å². The Labute approximate surface area is 68.4 Å². The van der Waals surface area contributed by atoms with Crippen molar-refractivity contribution in [3.8, 4) is 0 Å². The minimum Gasteiger partial charge on any atom is -0.257 e. The molecule has 0 amide bonds. The second-order valence-electron chi connectivity index (χ2n) is 2.35. The van der Waals surface area contributed by atoms with E-state index in [1.807, 2.05) is 0 Å². The summed E-state index contributed by atoms with van der Waals surface area (Å²) in [6, 6.07) is 0. The number of aryl methyl sites for hydroxylation is 1. The molecule has 0 atom stereocenters. The first-order valence-electron chi connectivity index (χ1n) is 3.49. The molecule has 12 heavy (non-hydrogen) atoms. The minimum atomic E-state index is 0.501. The van der Waals surface area contributed by atoms with Gasteiger partial charge in [0.1, 0.15) is 12.7 Å². The van der Waals surface area contributed by atoms with E-state index in [9.17, 15) is 0 Å². The average Bonchev–Trinajstić information content (AvgIpc) is 2.63. The van der Waals surface area contributed by atoms with Crippen molar-refractivity contribution in [3.05, 3.63) is 24.9 Å². The van der Waals surface area contributed by atoms with Crippen molar-refractivity contribution in [1.82, 2.24) is 19.7 Å². The first-order valence-corrected chi connectivity index (χ1v) is 3.49. The topological polar surface area (TPSA) is 60.6 Å². The van der Waals surface area contributed by atoms with Gasteiger partial charge in [-0.15, -0.1) is 0 Å². The molecule has 0 radical (unpaired) electrons. The largest absolute Gasteiger partial charge is 0.350 e. The Morgan fingerprint density at radius 2 is 2.58 bits per heavy atom. The Balaban J connectivity index is 2.14. The smallest absolute Gasteiger partial charge is 0.257 e. The summed E-state index contributed by atoms with van der Waals surface area (Å²) in [6.45, 7) is 2.29. The lowest BCUT2D eigenvalue weighted by atomic mass is 10.8. The fraction of sp³-hybridized carbons (Fsp3) is 0.333. The molecule has 6 heteroatoms. The molecule has 0 saturated carbocycles. The Morgan fingerprint density at radius 1 is 1.67 bits per heavy atom. The van der Waals surface area contributed by atoms with Gasteiger partial charge in [0, 0.05) is 6.92 Å². The zero-order valence-electron chi connectivity index (χ0n) is 6.58. The van der Waals surface area contributed by atoms with Crippen molar-refractivity contribution in [1.29, 1.82) is 0 Å².